The van der Waals surface area contributed by atoms with Gasteiger partial charge in [0.1, 0.15) is 6.04 Å². The zero-order valence-corrected chi connectivity index (χ0v) is 14.5. The number of hydrogen-bond donors (Lipinski definition) is 2. The van der Waals surface area contributed by atoms with Gasteiger partial charge in [0, 0.05) is 33.3 Å². The molecule has 0 saturated carbocycles. The molecular weight excluding hydrogens is 306 g/mol. The molecular formula is C14H29N3O4S. The SMILES string of the molecule is CCCCS(=O)(=O)N1CCCC1C(=O)NCCNCCOC. The van der Waals surface area contributed by atoms with Crippen molar-refractivity contribution in [3.05, 3.63) is 0 Å². The Morgan fingerprint density at radius 1 is 1.32 bits per heavy atom. The number of nitrogens with one attached hydrogen (secondary N) is 2. The Morgan fingerprint density at radius 3 is 2.77 bits per heavy atom. The summed E-state index contributed by atoms with van der Waals surface area (Å²) in [5.41, 5.74) is 0. The Labute approximate surface area is 133 Å². The standard InChI is InChI=1S/C14H29N3O4S/c1-3-4-12-22(19,20)17-10-5-6-13(17)14(18)16-8-7-15-9-11-21-2/h13,15H,3-12H2,1-2H3,(H,16,18). The van der Waals surface area contributed by atoms with E-state index >= 15 is 0 Å². The Hall–Kier alpha value is -0.700. The number of methoxy groups -OCH3 is 1. The fourth-order valence-corrected chi connectivity index (χ4v) is 4.35. The molecule has 1 atom stereocenters. The zero-order valence-electron chi connectivity index (χ0n) is 13.6. The van der Waals surface area contributed by atoms with Crippen molar-refractivity contribution in [3.8, 4) is 0 Å². The van der Waals surface area contributed by atoms with Crippen LogP contribution >= 0.6 is 0 Å². The highest BCUT2D eigenvalue weighted by atomic mass is 32.2. The number of carbonyl (C=O) groups is 1. The van der Waals surface area contributed by atoms with Gasteiger partial charge in [-0.2, -0.15) is 4.31 Å². The normalized spacial score (nSPS) is 19.5. The maximum Gasteiger partial charge on any atom is 0.238 e. The van der Waals surface area contributed by atoms with E-state index in [1.165, 1.54) is 4.31 Å². The first-order chi connectivity index (χ1) is 10.5. The van der Waals surface area contributed by atoms with Gasteiger partial charge in [-0.3, -0.25) is 4.79 Å². The predicted molar refractivity (Wildman–Crippen MR) is 86.2 cm³/mol. The maximum atomic E-state index is 12.3. The molecule has 0 aromatic carbocycles. The maximum absolute atomic E-state index is 12.3. The van der Waals surface area contributed by atoms with Crippen molar-refractivity contribution in [1.82, 2.24) is 14.9 Å². The van der Waals surface area contributed by atoms with E-state index in [1.54, 1.807) is 7.11 Å². The summed E-state index contributed by atoms with van der Waals surface area (Å²) in [6.45, 7) is 4.90. The molecule has 1 fully saturated rings. The number of nitrogens with zero attached hydrogens (tertiary/aromatic N) is 1. The van der Waals surface area contributed by atoms with E-state index in [0.29, 0.717) is 39.1 Å². The molecule has 1 saturated heterocycles. The van der Waals surface area contributed by atoms with Gasteiger partial charge in [-0.15, -0.1) is 0 Å². The van der Waals surface area contributed by atoms with Gasteiger partial charge < -0.3 is 15.4 Å². The Bertz CT molecular complexity index is 428. The van der Waals surface area contributed by atoms with Crippen molar-refractivity contribution in [2.45, 2.75) is 38.6 Å². The van der Waals surface area contributed by atoms with E-state index < -0.39 is 16.1 Å². The third-order valence-corrected chi connectivity index (χ3v) is 5.66. The molecule has 22 heavy (non-hydrogen) atoms. The molecule has 1 unspecified atom stereocenters. The Balaban J connectivity index is 2.40. The van der Waals surface area contributed by atoms with Gasteiger partial charge in [0.2, 0.25) is 15.9 Å². The van der Waals surface area contributed by atoms with Gasteiger partial charge >= 0.3 is 0 Å². The lowest BCUT2D eigenvalue weighted by Crippen LogP contribution is -2.47. The minimum Gasteiger partial charge on any atom is -0.383 e. The molecule has 8 heteroatoms. The third kappa shape index (κ3) is 6.20. The van der Waals surface area contributed by atoms with Gasteiger partial charge in [-0.25, -0.2) is 8.42 Å². The largest absolute Gasteiger partial charge is 0.383 e. The highest BCUT2D eigenvalue weighted by molar-refractivity contribution is 7.89. The summed E-state index contributed by atoms with van der Waals surface area (Å²) in [5.74, 6) is -0.0580. The average molecular weight is 335 g/mol. The van der Waals surface area contributed by atoms with E-state index in [9.17, 15) is 13.2 Å². The number of sulfonamides is 1. The first kappa shape index (κ1) is 19.3. The number of unbranched alkanes of at least 4 members (excludes halogenated alkanes) is 1. The molecule has 7 nitrogen and oxygen atoms in total. The fraction of sp³-hybridized carbons (Fsp3) is 0.929. The van der Waals surface area contributed by atoms with Gasteiger partial charge in [0.05, 0.1) is 12.4 Å². The van der Waals surface area contributed by atoms with Crippen LogP contribution in [0.5, 0.6) is 0 Å². The third-order valence-electron chi connectivity index (χ3n) is 3.70. The topological polar surface area (TPSA) is 87.7 Å². The minimum absolute atomic E-state index is 0.131. The van der Waals surface area contributed by atoms with Gasteiger partial charge in [0.25, 0.3) is 0 Å². The lowest BCUT2D eigenvalue weighted by molar-refractivity contribution is -0.124. The van der Waals surface area contributed by atoms with Crippen LogP contribution in [-0.2, 0) is 19.6 Å². The average Bonchev–Trinajstić information content (AvgIpc) is 2.99. The Kier molecular flexibility index (Phi) is 8.92. The number of carbonyl (C=O) groups excluding carboxylic acids is 1. The summed E-state index contributed by atoms with van der Waals surface area (Å²) in [5, 5.41) is 5.94. The highest BCUT2D eigenvalue weighted by Crippen LogP contribution is 2.22. The molecule has 0 aromatic heterocycles. The summed E-state index contributed by atoms with van der Waals surface area (Å²) in [6.07, 6.45) is 2.82. The van der Waals surface area contributed by atoms with Crippen LogP contribution in [0.2, 0.25) is 0 Å². The molecule has 1 amide bonds. The lowest BCUT2D eigenvalue weighted by Gasteiger charge is -2.23. The van der Waals surface area contributed by atoms with E-state index in [0.717, 1.165) is 19.4 Å². The minimum atomic E-state index is -3.32. The lowest BCUT2D eigenvalue weighted by atomic mass is 10.2. The molecule has 1 aliphatic rings. The van der Waals surface area contributed by atoms with Crippen LogP contribution in [0.15, 0.2) is 0 Å². The van der Waals surface area contributed by atoms with Crippen molar-refractivity contribution in [2.75, 3.05) is 45.6 Å². The van der Waals surface area contributed by atoms with Crippen molar-refractivity contribution < 1.29 is 17.9 Å². The van der Waals surface area contributed by atoms with Crippen molar-refractivity contribution in [1.29, 1.82) is 0 Å². The van der Waals surface area contributed by atoms with Crippen LogP contribution in [-0.4, -0.2) is 70.3 Å². The van der Waals surface area contributed by atoms with Crippen molar-refractivity contribution in [2.24, 2.45) is 0 Å². The molecule has 2 N–H and O–H groups in total. The molecule has 0 radical (unpaired) electrons. The molecule has 0 aliphatic carbocycles. The second-order valence-electron chi connectivity index (χ2n) is 5.47. The molecule has 1 rings (SSSR count). The van der Waals surface area contributed by atoms with Gasteiger partial charge in [-0.05, 0) is 19.3 Å². The monoisotopic (exact) mass is 335 g/mol. The predicted octanol–water partition coefficient (Wildman–Crippen LogP) is -0.0671. The molecule has 1 aliphatic heterocycles. The first-order valence-corrected chi connectivity index (χ1v) is 9.60. The second kappa shape index (κ2) is 10.1. The fourth-order valence-electron chi connectivity index (χ4n) is 2.47. The Morgan fingerprint density at radius 2 is 2.09 bits per heavy atom. The molecule has 130 valence electrons. The van der Waals surface area contributed by atoms with Crippen LogP contribution in [0.4, 0.5) is 0 Å². The van der Waals surface area contributed by atoms with Crippen LogP contribution < -0.4 is 10.6 Å². The van der Waals surface area contributed by atoms with E-state index in [4.69, 9.17) is 4.74 Å². The van der Waals surface area contributed by atoms with Crippen LogP contribution in [0, 0.1) is 0 Å². The van der Waals surface area contributed by atoms with Gasteiger partial charge in [0.15, 0.2) is 0 Å². The summed E-state index contributed by atoms with van der Waals surface area (Å²) >= 11 is 0. The zero-order chi connectivity index (χ0) is 16.4. The summed E-state index contributed by atoms with van der Waals surface area (Å²) in [6, 6.07) is -0.541. The van der Waals surface area contributed by atoms with E-state index in [-0.39, 0.29) is 11.7 Å². The van der Waals surface area contributed by atoms with E-state index in [2.05, 4.69) is 10.6 Å². The number of rotatable bonds is 11. The molecule has 0 aromatic rings. The van der Waals surface area contributed by atoms with Crippen molar-refractivity contribution in [3.63, 3.8) is 0 Å². The molecule has 1 heterocycles. The summed E-state index contributed by atoms with van der Waals surface area (Å²) < 4.78 is 30.8. The highest BCUT2D eigenvalue weighted by Gasteiger charge is 2.37. The number of ether oxygens (including phenoxy) is 1. The molecule has 0 spiro atoms. The smallest absolute Gasteiger partial charge is 0.238 e. The van der Waals surface area contributed by atoms with Crippen LogP contribution in [0.25, 0.3) is 0 Å². The van der Waals surface area contributed by atoms with Crippen LogP contribution in [0.1, 0.15) is 32.6 Å². The van der Waals surface area contributed by atoms with Crippen molar-refractivity contribution >= 4 is 15.9 Å². The first-order valence-electron chi connectivity index (χ1n) is 7.99. The van der Waals surface area contributed by atoms with Crippen LogP contribution in [0.3, 0.4) is 0 Å². The van der Waals surface area contributed by atoms with Gasteiger partial charge in [-0.1, -0.05) is 13.3 Å². The number of amides is 1. The van der Waals surface area contributed by atoms with E-state index in [1.807, 2.05) is 6.92 Å². The second-order valence-corrected chi connectivity index (χ2v) is 7.51. The summed E-state index contributed by atoms with van der Waals surface area (Å²) in [7, 11) is -1.68. The number of hydrogen-bond acceptors (Lipinski definition) is 5. The molecule has 0 bridgehead atoms. The quantitative estimate of drug-likeness (QED) is 0.516. The summed E-state index contributed by atoms with van der Waals surface area (Å²) in [4.78, 5) is 12.2.